The van der Waals surface area contributed by atoms with Gasteiger partial charge in [0.25, 0.3) is 11.8 Å². The van der Waals surface area contributed by atoms with Crippen LogP contribution < -0.4 is 21.1 Å². The van der Waals surface area contributed by atoms with E-state index in [1.165, 1.54) is 24.5 Å². The average molecular weight is 520 g/mol. The summed E-state index contributed by atoms with van der Waals surface area (Å²) in [6.07, 6.45) is 3.23. The number of rotatable bonds is 8. The first kappa shape index (κ1) is 26.5. The molecule has 3 aromatic rings. The predicted molar refractivity (Wildman–Crippen MR) is 139 cm³/mol. The van der Waals surface area contributed by atoms with Gasteiger partial charge in [0.15, 0.2) is 11.6 Å². The first-order valence-corrected chi connectivity index (χ1v) is 12.1. The molecule has 4 N–H and O–H groups in total. The van der Waals surface area contributed by atoms with Crippen LogP contribution in [0.5, 0.6) is 5.75 Å². The maximum atomic E-state index is 14.7. The summed E-state index contributed by atoms with van der Waals surface area (Å²) < 4.78 is 35.2. The molecular formula is C28H27F2N5O3. The van der Waals surface area contributed by atoms with E-state index in [0.717, 1.165) is 24.5 Å². The Hall–Kier alpha value is -4.52. The van der Waals surface area contributed by atoms with Gasteiger partial charge in [0.05, 0.1) is 11.6 Å². The highest BCUT2D eigenvalue weighted by Gasteiger charge is 2.25. The van der Waals surface area contributed by atoms with Crippen LogP contribution in [0.25, 0.3) is 11.3 Å². The minimum Gasteiger partial charge on any atom is -0.485 e. The number of ether oxygens (including phenoxy) is 1. The number of carbonyl (C=O) groups excluding carboxylic acids is 2. The molecule has 2 amide bonds. The Bertz CT molecular complexity index is 1460. The highest BCUT2D eigenvalue weighted by Crippen LogP contribution is 2.40. The van der Waals surface area contributed by atoms with Crippen molar-refractivity contribution in [2.75, 3.05) is 17.7 Å². The summed E-state index contributed by atoms with van der Waals surface area (Å²) in [5.41, 5.74) is 7.84. The average Bonchev–Trinajstić information content (AvgIpc) is 3.71. The van der Waals surface area contributed by atoms with Gasteiger partial charge in [0.1, 0.15) is 30.3 Å². The van der Waals surface area contributed by atoms with Crippen molar-refractivity contribution in [2.45, 2.75) is 45.6 Å². The quantitative estimate of drug-likeness (QED) is 0.381. The second-order valence-electron chi connectivity index (χ2n) is 9.09. The molecule has 1 aliphatic carbocycles. The monoisotopic (exact) mass is 519 g/mol. The first-order chi connectivity index (χ1) is 18.2. The van der Waals surface area contributed by atoms with Gasteiger partial charge < -0.3 is 21.1 Å². The van der Waals surface area contributed by atoms with Gasteiger partial charge in [0, 0.05) is 11.3 Å². The van der Waals surface area contributed by atoms with Crippen LogP contribution in [0.1, 0.15) is 54.1 Å². The standard InChI is InChI=1S/C28H27F2N5O3/c1-4-5-24(36)34-15(2)13-38-26-25(32-14-33-27(26)31)21-11-19(29)12-23(16(21)3)35-28(37)20-9-8-18(10-22(20)30)17-6-7-17/h8-12,14-15,17H,6-7,13H2,1-3H3,(H,34,36)(H,35,37)(H2,31,32,33). The van der Waals surface area contributed by atoms with Crippen molar-refractivity contribution in [1.82, 2.24) is 15.3 Å². The summed E-state index contributed by atoms with van der Waals surface area (Å²) in [4.78, 5) is 32.8. The Labute approximate surface area is 219 Å². The molecule has 0 bridgehead atoms. The lowest BCUT2D eigenvalue weighted by Crippen LogP contribution is -2.36. The number of benzene rings is 2. The summed E-state index contributed by atoms with van der Waals surface area (Å²) in [7, 11) is 0. The number of amides is 2. The number of nitrogen functional groups attached to an aromatic ring is 1. The normalized spacial score (nSPS) is 13.2. The largest absolute Gasteiger partial charge is 0.485 e. The third kappa shape index (κ3) is 6.06. The Morgan fingerprint density at radius 2 is 1.97 bits per heavy atom. The molecule has 4 rings (SSSR count). The summed E-state index contributed by atoms with van der Waals surface area (Å²) in [6.45, 7) is 4.93. The second-order valence-corrected chi connectivity index (χ2v) is 9.09. The van der Waals surface area contributed by atoms with Gasteiger partial charge in [-0.05, 0) is 80.8 Å². The second kappa shape index (κ2) is 11.3. The lowest BCUT2D eigenvalue weighted by atomic mass is 10.0. The van der Waals surface area contributed by atoms with Crippen LogP contribution in [-0.4, -0.2) is 34.4 Å². The summed E-state index contributed by atoms with van der Waals surface area (Å²) in [5, 5.41) is 5.26. The highest BCUT2D eigenvalue weighted by molar-refractivity contribution is 6.05. The molecule has 0 spiro atoms. The van der Waals surface area contributed by atoms with Crippen molar-refractivity contribution in [3.05, 3.63) is 65.0 Å². The maximum absolute atomic E-state index is 14.7. The molecule has 10 heteroatoms. The van der Waals surface area contributed by atoms with Gasteiger partial charge in [-0.15, -0.1) is 0 Å². The number of aromatic nitrogens is 2. The van der Waals surface area contributed by atoms with E-state index >= 15 is 0 Å². The van der Waals surface area contributed by atoms with E-state index in [9.17, 15) is 18.4 Å². The van der Waals surface area contributed by atoms with Crippen LogP contribution in [0.4, 0.5) is 20.3 Å². The fourth-order valence-corrected chi connectivity index (χ4v) is 3.98. The minimum atomic E-state index is -0.706. The Kier molecular flexibility index (Phi) is 7.86. The molecule has 38 heavy (non-hydrogen) atoms. The lowest BCUT2D eigenvalue weighted by Gasteiger charge is -2.18. The maximum Gasteiger partial charge on any atom is 0.296 e. The fourth-order valence-electron chi connectivity index (χ4n) is 3.98. The number of nitrogens with two attached hydrogens (primary N) is 1. The minimum absolute atomic E-state index is 0.00828. The zero-order valence-corrected chi connectivity index (χ0v) is 21.2. The number of halogens is 2. The van der Waals surface area contributed by atoms with Crippen LogP contribution >= 0.6 is 0 Å². The Morgan fingerprint density at radius 3 is 2.66 bits per heavy atom. The van der Waals surface area contributed by atoms with E-state index in [2.05, 4.69) is 32.4 Å². The number of nitrogens with one attached hydrogen (secondary N) is 2. The molecule has 196 valence electrons. The summed E-state index contributed by atoms with van der Waals surface area (Å²) in [5.74, 6) is 2.87. The van der Waals surface area contributed by atoms with Crippen molar-refractivity contribution < 1.29 is 23.1 Å². The van der Waals surface area contributed by atoms with Crippen molar-refractivity contribution in [3.63, 3.8) is 0 Å². The van der Waals surface area contributed by atoms with Gasteiger partial charge in [0.2, 0.25) is 0 Å². The smallest absolute Gasteiger partial charge is 0.296 e. The molecule has 0 aliphatic heterocycles. The van der Waals surface area contributed by atoms with E-state index in [0.29, 0.717) is 17.0 Å². The van der Waals surface area contributed by atoms with Crippen molar-refractivity contribution in [1.29, 1.82) is 0 Å². The molecule has 1 fully saturated rings. The van der Waals surface area contributed by atoms with E-state index < -0.39 is 29.5 Å². The third-order valence-electron chi connectivity index (χ3n) is 6.09. The molecule has 1 saturated carbocycles. The fraction of sp³-hybridized carbons (Fsp3) is 0.286. The van der Waals surface area contributed by atoms with Gasteiger partial charge >= 0.3 is 0 Å². The molecule has 1 heterocycles. The predicted octanol–water partition coefficient (Wildman–Crippen LogP) is 4.35. The molecule has 0 radical (unpaired) electrons. The topological polar surface area (TPSA) is 119 Å². The van der Waals surface area contributed by atoms with E-state index in [1.807, 2.05) is 0 Å². The molecule has 1 unspecified atom stereocenters. The van der Waals surface area contributed by atoms with E-state index in [-0.39, 0.29) is 35.1 Å². The van der Waals surface area contributed by atoms with Crippen molar-refractivity contribution >= 4 is 23.3 Å². The number of carbonyl (C=O) groups is 2. The first-order valence-electron chi connectivity index (χ1n) is 12.1. The number of hydrogen-bond acceptors (Lipinski definition) is 6. The molecule has 0 saturated heterocycles. The Balaban J connectivity index is 1.60. The summed E-state index contributed by atoms with van der Waals surface area (Å²) in [6, 6.07) is 6.50. The van der Waals surface area contributed by atoms with E-state index in [4.69, 9.17) is 10.5 Å². The molecule has 1 aromatic heterocycles. The molecule has 2 aromatic carbocycles. The number of anilines is 2. The van der Waals surface area contributed by atoms with Crippen LogP contribution in [-0.2, 0) is 4.79 Å². The van der Waals surface area contributed by atoms with Crippen LogP contribution in [0.2, 0.25) is 0 Å². The highest BCUT2D eigenvalue weighted by atomic mass is 19.1. The molecule has 8 nitrogen and oxygen atoms in total. The van der Waals surface area contributed by atoms with Crippen LogP contribution in [0.3, 0.4) is 0 Å². The summed E-state index contributed by atoms with van der Waals surface area (Å²) >= 11 is 0. The van der Waals surface area contributed by atoms with Gasteiger partial charge in [-0.3, -0.25) is 9.59 Å². The van der Waals surface area contributed by atoms with E-state index in [1.54, 1.807) is 26.8 Å². The number of hydrogen-bond donors (Lipinski definition) is 3. The Morgan fingerprint density at radius 1 is 1.21 bits per heavy atom. The van der Waals surface area contributed by atoms with Crippen molar-refractivity contribution in [3.8, 4) is 28.8 Å². The van der Waals surface area contributed by atoms with Gasteiger partial charge in [-0.25, -0.2) is 18.7 Å². The van der Waals surface area contributed by atoms with Gasteiger partial charge in [-0.2, -0.15) is 0 Å². The van der Waals surface area contributed by atoms with Gasteiger partial charge in [-0.1, -0.05) is 12.0 Å². The van der Waals surface area contributed by atoms with Crippen LogP contribution in [0.15, 0.2) is 36.7 Å². The van der Waals surface area contributed by atoms with Crippen LogP contribution in [0, 0.1) is 30.4 Å². The molecule has 1 aliphatic rings. The van der Waals surface area contributed by atoms with Crippen molar-refractivity contribution in [2.24, 2.45) is 0 Å². The zero-order chi connectivity index (χ0) is 27.4. The lowest BCUT2D eigenvalue weighted by molar-refractivity contribution is -0.116. The molecule has 1 atom stereocenters. The molecular weight excluding hydrogens is 492 g/mol. The third-order valence-corrected chi connectivity index (χ3v) is 6.09. The number of nitrogens with zero attached hydrogens (tertiary/aromatic N) is 2. The SMILES string of the molecule is CC#CC(=O)NC(C)COc1c(N)ncnc1-c1cc(F)cc(NC(=O)c2ccc(C3CC3)cc2F)c1C. The zero-order valence-electron chi connectivity index (χ0n) is 21.2.